The van der Waals surface area contributed by atoms with Crippen LogP contribution in [0.1, 0.15) is 0 Å². The lowest BCUT2D eigenvalue weighted by Gasteiger charge is -2.03. The number of ether oxygens (including phenoxy) is 2. The van der Waals surface area contributed by atoms with Gasteiger partial charge in [0.2, 0.25) is 0 Å². The molecule has 0 bridgehead atoms. The van der Waals surface area contributed by atoms with Crippen LogP contribution < -0.4 is 0 Å². The molecule has 0 rings (SSSR count). The Bertz CT molecular complexity index is 319. The van der Waals surface area contributed by atoms with E-state index >= 15 is 0 Å². The molecule has 80 valence electrons. The van der Waals surface area contributed by atoms with Crippen molar-refractivity contribution in [3.8, 4) is 0 Å². The van der Waals surface area contributed by atoms with Crippen LogP contribution in [-0.2, 0) is 9.47 Å². The molecule has 0 saturated heterocycles. The fourth-order valence-corrected chi connectivity index (χ4v) is 0.666. The van der Waals surface area contributed by atoms with Crippen LogP contribution in [0.25, 0.3) is 0 Å². The van der Waals surface area contributed by atoms with E-state index in [1.807, 2.05) is 0 Å². The van der Waals surface area contributed by atoms with Gasteiger partial charge in [0, 0.05) is 0 Å². The Morgan fingerprint density at radius 1 is 0.933 bits per heavy atom. The van der Waals surface area contributed by atoms with Crippen LogP contribution in [0.3, 0.4) is 0 Å². The summed E-state index contributed by atoms with van der Waals surface area (Å²) in [5, 5.41) is 0. The Morgan fingerprint density at radius 2 is 1.47 bits per heavy atom. The van der Waals surface area contributed by atoms with Crippen molar-refractivity contribution < 1.29 is 9.47 Å². The molecule has 0 radical (unpaired) electrons. The first kappa shape index (κ1) is 13.0. The summed E-state index contributed by atoms with van der Waals surface area (Å²) in [6, 6.07) is 0. The van der Waals surface area contributed by atoms with Gasteiger partial charge < -0.3 is 9.47 Å². The molecule has 0 amide bonds. The molecule has 0 saturated carbocycles. The third-order valence-electron chi connectivity index (χ3n) is 1.40. The Kier molecular flexibility index (Phi) is 6.47. The third kappa shape index (κ3) is 7.14. The van der Waals surface area contributed by atoms with Crippen LogP contribution in [0.2, 0.25) is 0 Å². The van der Waals surface area contributed by atoms with Crippen LogP contribution in [0.4, 0.5) is 0 Å². The van der Waals surface area contributed by atoms with Gasteiger partial charge in [-0.05, 0) is 18.2 Å². The van der Waals surface area contributed by atoms with E-state index in [0.29, 0.717) is 17.3 Å². The van der Waals surface area contributed by atoms with Crippen LogP contribution in [0.15, 0.2) is 74.0 Å². The summed E-state index contributed by atoms with van der Waals surface area (Å²) in [7, 11) is 1.54. The van der Waals surface area contributed by atoms with E-state index < -0.39 is 0 Å². The first-order valence-corrected chi connectivity index (χ1v) is 4.36. The largest absolute Gasteiger partial charge is 0.497 e. The highest BCUT2D eigenvalue weighted by Crippen LogP contribution is 2.06. The molecule has 0 atom stereocenters. The van der Waals surface area contributed by atoms with E-state index in [1.54, 1.807) is 37.5 Å². The molecule has 0 aliphatic carbocycles. The zero-order valence-electron chi connectivity index (χ0n) is 9.03. The normalized spacial score (nSPS) is 10.2. The van der Waals surface area contributed by atoms with Crippen molar-refractivity contribution in [2.45, 2.75) is 0 Å². The second-order valence-corrected chi connectivity index (χ2v) is 2.63. The molecule has 0 spiro atoms. The zero-order valence-corrected chi connectivity index (χ0v) is 9.03. The van der Waals surface area contributed by atoms with Gasteiger partial charge in [0.1, 0.15) is 17.3 Å². The van der Waals surface area contributed by atoms with Gasteiger partial charge in [-0.2, -0.15) is 0 Å². The van der Waals surface area contributed by atoms with E-state index in [4.69, 9.17) is 9.47 Å². The molecule has 15 heavy (non-hydrogen) atoms. The van der Waals surface area contributed by atoms with E-state index in [-0.39, 0.29) is 0 Å². The van der Waals surface area contributed by atoms with Crippen molar-refractivity contribution in [3.05, 3.63) is 74.0 Å². The van der Waals surface area contributed by atoms with Gasteiger partial charge in [-0.15, -0.1) is 0 Å². The lowest BCUT2D eigenvalue weighted by Crippen LogP contribution is -1.85. The van der Waals surface area contributed by atoms with Crippen LogP contribution in [-0.4, -0.2) is 7.11 Å². The molecule has 0 aliphatic heterocycles. The average Bonchev–Trinajstić information content (AvgIpc) is 2.22. The summed E-state index contributed by atoms with van der Waals surface area (Å²) in [4.78, 5) is 0. The van der Waals surface area contributed by atoms with Crippen molar-refractivity contribution in [1.29, 1.82) is 0 Å². The zero-order chi connectivity index (χ0) is 11.7. The van der Waals surface area contributed by atoms with Gasteiger partial charge >= 0.3 is 0 Å². The second kappa shape index (κ2) is 7.44. The topological polar surface area (TPSA) is 18.5 Å². The molecule has 0 aromatic rings. The minimum Gasteiger partial charge on any atom is -0.497 e. The minimum atomic E-state index is 0.465. The molecule has 0 N–H and O–H groups in total. The number of hydrogen-bond donors (Lipinski definition) is 0. The highest BCUT2D eigenvalue weighted by atomic mass is 16.5. The maximum atomic E-state index is 5.24. The molecule has 2 nitrogen and oxygen atoms in total. The van der Waals surface area contributed by atoms with Crippen LogP contribution in [0, 0.1) is 0 Å². The van der Waals surface area contributed by atoms with Gasteiger partial charge in [-0.3, -0.25) is 0 Å². The molecule has 0 aliphatic rings. The van der Waals surface area contributed by atoms with Crippen molar-refractivity contribution in [1.82, 2.24) is 0 Å². The van der Waals surface area contributed by atoms with Crippen molar-refractivity contribution >= 4 is 0 Å². The van der Waals surface area contributed by atoms with E-state index in [0.717, 1.165) is 0 Å². The third-order valence-corrected chi connectivity index (χ3v) is 1.40. The fourth-order valence-electron chi connectivity index (χ4n) is 0.666. The number of methoxy groups -OCH3 is 1. The fraction of sp³-hybridized carbons (Fsp3) is 0.0769. The summed E-state index contributed by atoms with van der Waals surface area (Å²) >= 11 is 0. The molecule has 0 aromatic carbocycles. The maximum absolute atomic E-state index is 5.24. The minimum absolute atomic E-state index is 0.465. The first-order chi connectivity index (χ1) is 7.10. The standard InChI is InChI=1S/C13H16O2/c1-6-7-8-12(3)15-13(4)10-9-11(2)14-5/h6-10H,1-4H2,5H3/b8-7-,10-9-. The maximum Gasteiger partial charge on any atom is 0.120 e. The Hall–Kier alpha value is -1.96. The van der Waals surface area contributed by atoms with Gasteiger partial charge in [0.15, 0.2) is 0 Å². The quantitative estimate of drug-likeness (QED) is 0.467. The summed E-state index contributed by atoms with van der Waals surface area (Å²) in [6.07, 6.45) is 8.37. The average molecular weight is 204 g/mol. The molecule has 2 heteroatoms. The van der Waals surface area contributed by atoms with Crippen LogP contribution >= 0.6 is 0 Å². The second-order valence-electron chi connectivity index (χ2n) is 2.63. The van der Waals surface area contributed by atoms with Crippen molar-refractivity contribution in [2.24, 2.45) is 0 Å². The van der Waals surface area contributed by atoms with E-state index in [2.05, 4.69) is 26.3 Å². The van der Waals surface area contributed by atoms with E-state index in [9.17, 15) is 0 Å². The number of hydrogen-bond acceptors (Lipinski definition) is 2. The SMILES string of the molecule is C=C/C=C\C(=C)OC(=C)/C=C\C(=C)OC. The molecule has 0 heterocycles. The Morgan fingerprint density at radius 3 is 2.00 bits per heavy atom. The summed E-state index contributed by atoms with van der Waals surface area (Å²) in [5.74, 6) is 1.49. The smallest absolute Gasteiger partial charge is 0.120 e. The molecule has 0 fully saturated rings. The Labute approximate surface area is 91.2 Å². The van der Waals surface area contributed by atoms with Gasteiger partial charge in [0.05, 0.1) is 7.11 Å². The van der Waals surface area contributed by atoms with Crippen molar-refractivity contribution in [3.63, 3.8) is 0 Å². The lowest BCUT2D eigenvalue weighted by atomic mass is 10.4. The number of allylic oxidation sites excluding steroid dienone is 5. The highest BCUT2D eigenvalue weighted by molar-refractivity contribution is 5.21. The van der Waals surface area contributed by atoms with Gasteiger partial charge in [0.25, 0.3) is 0 Å². The van der Waals surface area contributed by atoms with Gasteiger partial charge in [-0.25, -0.2) is 0 Å². The van der Waals surface area contributed by atoms with Gasteiger partial charge in [-0.1, -0.05) is 38.5 Å². The summed E-state index contributed by atoms with van der Waals surface area (Å²) in [5.41, 5.74) is 0. The van der Waals surface area contributed by atoms with Crippen molar-refractivity contribution in [2.75, 3.05) is 7.11 Å². The van der Waals surface area contributed by atoms with Crippen LogP contribution in [0.5, 0.6) is 0 Å². The molecule has 0 aromatic heterocycles. The molecular formula is C13H16O2. The number of rotatable bonds is 7. The lowest BCUT2D eigenvalue weighted by molar-refractivity contribution is 0.307. The highest BCUT2D eigenvalue weighted by Gasteiger charge is 1.91. The van der Waals surface area contributed by atoms with E-state index in [1.165, 1.54) is 0 Å². The predicted octanol–water partition coefficient (Wildman–Crippen LogP) is 3.49. The molecule has 0 unspecified atom stereocenters. The predicted molar refractivity (Wildman–Crippen MR) is 64.0 cm³/mol. The summed E-state index contributed by atoms with van der Waals surface area (Å²) in [6.45, 7) is 14.5. The summed E-state index contributed by atoms with van der Waals surface area (Å²) < 4.78 is 10.1. The Balaban J connectivity index is 4.09. The first-order valence-electron chi connectivity index (χ1n) is 4.36. The monoisotopic (exact) mass is 204 g/mol. The molecular weight excluding hydrogens is 188 g/mol.